The highest BCUT2D eigenvalue weighted by Crippen LogP contribution is 2.29. The third-order valence-electron chi connectivity index (χ3n) is 7.83. The van der Waals surface area contributed by atoms with Crippen molar-refractivity contribution in [1.82, 2.24) is 4.90 Å². The number of halogens is 7. The smallest absolute Gasteiger partial charge is 0.107 e. The van der Waals surface area contributed by atoms with Gasteiger partial charge in [0.15, 0.2) is 0 Å². The van der Waals surface area contributed by atoms with Crippen molar-refractivity contribution in [3.05, 3.63) is 166 Å². The Bertz CT molecular complexity index is 1870. The van der Waals surface area contributed by atoms with Crippen molar-refractivity contribution < 1.29 is 28.5 Å². The number of nitrogens with zero attached hydrogens (tertiary/aromatic N) is 4. The molecule has 0 saturated heterocycles. The molecule has 0 aromatic heterocycles. The number of aliphatic imine (C=N–C) groups is 2. The Balaban J connectivity index is 0.000000949. The lowest BCUT2D eigenvalue weighted by Crippen LogP contribution is -3.00. The highest BCUT2D eigenvalue weighted by Gasteiger charge is 2.28. The molecule has 0 fully saturated rings. The molecule has 0 bridgehead atoms. The number of hydrogen-bond donors (Lipinski definition) is 2. The van der Waals surface area contributed by atoms with Crippen molar-refractivity contribution >= 4 is 118 Å². The van der Waals surface area contributed by atoms with Gasteiger partial charge in [0.2, 0.25) is 0 Å². The number of quaternary nitrogens is 1. The molecule has 2 heterocycles. The van der Waals surface area contributed by atoms with Crippen LogP contribution in [0.5, 0.6) is 0 Å². The molecule has 0 atom stereocenters. The first-order valence-electron chi connectivity index (χ1n) is 16.6. The highest BCUT2D eigenvalue weighted by molar-refractivity contribution is 14.1. The number of hydrogen-bond acceptors (Lipinski definition) is 5. The van der Waals surface area contributed by atoms with Crippen molar-refractivity contribution in [2.24, 2.45) is 9.98 Å². The van der Waals surface area contributed by atoms with E-state index in [9.17, 15) is 0 Å². The molecule has 0 aliphatic carbocycles. The largest absolute Gasteiger partial charge is 1.00 e. The van der Waals surface area contributed by atoms with E-state index in [1.165, 1.54) is 0 Å². The van der Waals surface area contributed by atoms with Crippen LogP contribution >= 0.6 is 83.0 Å². The number of benzene rings is 4. The number of alkyl halides is 1. The summed E-state index contributed by atoms with van der Waals surface area (Å²) in [6.07, 6.45) is 7.74. The van der Waals surface area contributed by atoms with Crippen LogP contribution in [0.15, 0.2) is 176 Å². The van der Waals surface area contributed by atoms with Gasteiger partial charge in [0, 0.05) is 71.6 Å². The van der Waals surface area contributed by atoms with E-state index < -0.39 is 0 Å². The molecule has 4 aromatic carbocycles. The van der Waals surface area contributed by atoms with Gasteiger partial charge in [-0.3, -0.25) is 14.9 Å². The fourth-order valence-corrected chi connectivity index (χ4v) is 5.91. The minimum Gasteiger partial charge on any atom is -1.00 e. The summed E-state index contributed by atoms with van der Waals surface area (Å²) in [4.78, 5) is 13.3. The Hall–Kier alpha value is -2.39. The maximum Gasteiger partial charge on any atom is 0.107 e. The highest BCUT2D eigenvalue weighted by atomic mass is 127. The molecule has 0 amide bonds. The lowest BCUT2D eigenvalue weighted by atomic mass is 10.0. The summed E-state index contributed by atoms with van der Waals surface area (Å²) in [5.74, 6) is 0. The lowest BCUT2D eigenvalue weighted by Gasteiger charge is -2.35. The lowest BCUT2D eigenvalue weighted by molar-refractivity contribution is -0.881. The summed E-state index contributed by atoms with van der Waals surface area (Å²) in [6, 6.07) is 40.0. The SMILES string of the molecule is CI.CN1CC(C=Nc2ccccc2)=C(Cl)/C(=C/Nc2ccccc2)C1.C[N+]1(C)CC(C=Nc2ccccc2)=C(Cl)/C(=C/Nc2ccccc2)C1.Cl.Cl.Cl.[I-]. The van der Waals surface area contributed by atoms with Crippen LogP contribution < -0.4 is 34.6 Å². The van der Waals surface area contributed by atoms with Crippen LogP contribution in [0, 0.1) is 0 Å². The summed E-state index contributed by atoms with van der Waals surface area (Å²) >= 11 is 15.4. The van der Waals surface area contributed by atoms with Crippen molar-refractivity contribution in [2.75, 3.05) is 62.9 Å². The molecule has 2 aliphatic heterocycles. The first-order valence-corrected chi connectivity index (χ1v) is 19.5. The Morgan fingerprint density at radius 2 is 0.964 bits per heavy atom. The fourth-order valence-electron chi connectivity index (χ4n) is 5.46. The molecule has 0 spiro atoms. The molecule has 0 radical (unpaired) electrons. The first kappa shape index (κ1) is 52.6. The zero-order chi connectivity index (χ0) is 36.5. The standard InChI is InChI=1S/C21H23ClN3.C20H20ClN3.CH3I.3ClH.HI/c1-25(2)15-17(13-23-19-9-5-3-6-10-19)21(22)18(16-25)14-24-20-11-7-4-8-12-20;1-24-14-16(12-22-18-8-4-2-5-9-18)20(21)17(15-24)13-23-19-10-6-3-7-11-19;1-2;;;;/h3-14,23H,15-16H2,1-2H3;2-13,22H,14-15H2,1H3;1H3;4*1H/q+1;;;;;;/p-1/b17-13+,24-14?;16-12+,23-13?;;;;;. The van der Waals surface area contributed by atoms with Gasteiger partial charge in [0.1, 0.15) is 13.1 Å². The Labute approximate surface area is 387 Å². The molecular formula is C42H49Cl5I2N6. The van der Waals surface area contributed by atoms with Crippen LogP contribution in [0.2, 0.25) is 0 Å². The summed E-state index contributed by atoms with van der Waals surface area (Å²) in [7, 11) is 6.49. The summed E-state index contributed by atoms with van der Waals surface area (Å²) < 4.78 is 0.842. The normalized spacial score (nSPS) is 16.3. The predicted octanol–water partition coefficient (Wildman–Crippen LogP) is 9.11. The van der Waals surface area contributed by atoms with Crippen LogP contribution in [0.3, 0.4) is 0 Å². The maximum atomic E-state index is 6.68. The Morgan fingerprint density at radius 1 is 0.582 bits per heavy atom. The summed E-state index contributed by atoms with van der Waals surface area (Å²) in [6.45, 7) is 3.33. The Morgan fingerprint density at radius 3 is 1.42 bits per heavy atom. The third-order valence-corrected chi connectivity index (χ3v) is 8.80. The number of nitrogens with one attached hydrogen (secondary N) is 2. The molecule has 2 aliphatic rings. The van der Waals surface area contributed by atoms with E-state index >= 15 is 0 Å². The van der Waals surface area contributed by atoms with Crippen molar-refractivity contribution in [2.45, 2.75) is 0 Å². The van der Waals surface area contributed by atoms with Gasteiger partial charge in [-0.1, -0.05) is 119 Å². The first-order chi connectivity index (χ1) is 24.8. The van der Waals surface area contributed by atoms with E-state index in [-0.39, 0.29) is 61.2 Å². The molecule has 2 N–H and O–H groups in total. The third kappa shape index (κ3) is 18.2. The molecule has 13 heteroatoms. The minimum atomic E-state index is 0. The molecular weight excluding hydrogens is 1020 g/mol. The van der Waals surface area contributed by atoms with Crippen LogP contribution in [-0.2, 0) is 0 Å². The van der Waals surface area contributed by atoms with Crippen LogP contribution in [0.4, 0.5) is 22.7 Å². The molecule has 0 unspecified atom stereocenters. The van der Waals surface area contributed by atoms with E-state index in [1.807, 2.05) is 151 Å². The van der Waals surface area contributed by atoms with Gasteiger partial charge < -0.3 is 39.1 Å². The molecule has 55 heavy (non-hydrogen) atoms. The predicted molar refractivity (Wildman–Crippen MR) is 252 cm³/mol. The average molecular weight is 1070 g/mol. The van der Waals surface area contributed by atoms with Gasteiger partial charge in [-0.2, -0.15) is 0 Å². The summed E-state index contributed by atoms with van der Waals surface area (Å²) in [5.41, 5.74) is 8.19. The van der Waals surface area contributed by atoms with Crippen LogP contribution in [-0.4, -0.2) is 74.1 Å². The van der Waals surface area contributed by atoms with Crippen LogP contribution in [0.25, 0.3) is 0 Å². The average Bonchev–Trinajstić information content (AvgIpc) is 3.16. The number of para-hydroxylation sites is 4. The summed E-state index contributed by atoms with van der Waals surface area (Å²) in [5, 5.41) is 8.22. The molecule has 6 rings (SSSR count). The second-order valence-electron chi connectivity index (χ2n) is 12.7. The zero-order valence-corrected chi connectivity index (χ0v) is 39.5. The van der Waals surface area contributed by atoms with Gasteiger partial charge in [0.05, 0.1) is 35.5 Å². The fraction of sp³-hybridized carbons (Fsp3) is 0.190. The van der Waals surface area contributed by atoms with Gasteiger partial charge in [-0.25, -0.2) is 0 Å². The number of likely N-dealkylation sites (N-methyl/N-ethyl adjacent to an activating group) is 2. The second-order valence-corrected chi connectivity index (χ2v) is 13.4. The van der Waals surface area contributed by atoms with Crippen molar-refractivity contribution in [3.8, 4) is 0 Å². The minimum absolute atomic E-state index is 0. The zero-order valence-electron chi connectivity index (χ0n) is 31.2. The number of rotatable bonds is 8. The molecule has 296 valence electrons. The molecule has 0 saturated carbocycles. The molecule has 6 nitrogen and oxygen atoms in total. The topological polar surface area (TPSA) is 52.0 Å². The van der Waals surface area contributed by atoms with E-state index in [2.05, 4.69) is 69.3 Å². The van der Waals surface area contributed by atoms with E-state index in [0.717, 1.165) is 85.8 Å². The van der Waals surface area contributed by atoms with Gasteiger partial charge >= 0.3 is 0 Å². The van der Waals surface area contributed by atoms with Gasteiger partial charge in [0.25, 0.3) is 0 Å². The van der Waals surface area contributed by atoms with Gasteiger partial charge in [-0.05, 0) is 60.5 Å². The molecule has 4 aromatic rings. The van der Waals surface area contributed by atoms with Crippen molar-refractivity contribution in [3.63, 3.8) is 0 Å². The van der Waals surface area contributed by atoms with Crippen LogP contribution in [0.1, 0.15) is 0 Å². The van der Waals surface area contributed by atoms with E-state index in [4.69, 9.17) is 23.2 Å². The number of anilines is 2. The Kier molecular flexibility index (Phi) is 26.9. The van der Waals surface area contributed by atoms with Crippen molar-refractivity contribution in [1.29, 1.82) is 0 Å². The monoisotopic (exact) mass is 1070 g/mol. The van der Waals surface area contributed by atoms with Gasteiger partial charge in [-0.15, -0.1) is 37.2 Å². The second kappa shape index (κ2) is 28.1. The van der Waals surface area contributed by atoms with E-state index in [0.29, 0.717) is 0 Å². The quantitative estimate of drug-likeness (QED) is 0.0803. The maximum absolute atomic E-state index is 6.68. The van der Waals surface area contributed by atoms with E-state index in [1.54, 1.807) is 0 Å².